The van der Waals surface area contributed by atoms with Gasteiger partial charge in [-0.3, -0.25) is 9.69 Å². The summed E-state index contributed by atoms with van der Waals surface area (Å²) in [6.07, 6.45) is 0.950. The molecule has 0 aliphatic carbocycles. The lowest BCUT2D eigenvalue weighted by atomic mass is 10.1. The Balaban J connectivity index is 2.57. The SMILES string of the molecule is CCCNC(=O)CN(C)Cc1cc(C)c(O)c(C)c1. The number of nitrogens with zero attached hydrogens (tertiary/aromatic N) is 1. The fourth-order valence-corrected chi connectivity index (χ4v) is 2.07. The minimum atomic E-state index is 0.0524. The van der Waals surface area contributed by atoms with Crippen molar-refractivity contribution < 1.29 is 9.90 Å². The highest BCUT2D eigenvalue weighted by atomic mass is 16.3. The molecule has 0 saturated heterocycles. The molecule has 0 aromatic heterocycles. The van der Waals surface area contributed by atoms with E-state index >= 15 is 0 Å². The Kier molecular flexibility index (Phi) is 5.83. The molecule has 4 nitrogen and oxygen atoms in total. The number of carbonyl (C=O) groups excluding carboxylic acids is 1. The number of hydrogen-bond acceptors (Lipinski definition) is 3. The number of likely N-dealkylation sites (N-methyl/N-ethyl adjacent to an activating group) is 1. The molecule has 1 rings (SSSR count). The largest absolute Gasteiger partial charge is 0.507 e. The molecular formula is C15H24N2O2. The van der Waals surface area contributed by atoms with Crippen LogP contribution in [0.4, 0.5) is 0 Å². The molecule has 0 aliphatic rings. The van der Waals surface area contributed by atoms with Crippen molar-refractivity contribution >= 4 is 5.91 Å². The molecule has 2 N–H and O–H groups in total. The Morgan fingerprint density at radius 1 is 1.32 bits per heavy atom. The third-order valence-corrected chi connectivity index (χ3v) is 2.99. The van der Waals surface area contributed by atoms with Crippen LogP contribution in [0.25, 0.3) is 0 Å². The fraction of sp³-hybridized carbons (Fsp3) is 0.533. The lowest BCUT2D eigenvalue weighted by Crippen LogP contribution is -2.35. The van der Waals surface area contributed by atoms with Crippen LogP contribution in [0.1, 0.15) is 30.0 Å². The number of hydrogen-bond donors (Lipinski definition) is 2. The number of carbonyl (C=O) groups is 1. The Morgan fingerprint density at radius 3 is 2.42 bits per heavy atom. The van der Waals surface area contributed by atoms with Crippen LogP contribution in [0.15, 0.2) is 12.1 Å². The van der Waals surface area contributed by atoms with E-state index in [0.717, 1.165) is 29.7 Å². The van der Waals surface area contributed by atoms with Crippen molar-refractivity contribution in [2.75, 3.05) is 20.1 Å². The summed E-state index contributed by atoms with van der Waals surface area (Å²) >= 11 is 0. The van der Waals surface area contributed by atoms with Gasteiger partial charge in [-0.25, -0.2) is 0 Å². The zero-order valence-corrected chi connectivity index (χ0v) is 12.3. The summed E-state index contributed by atoms with van der Waals surface area (Å²) in [4.78, 5) is 13.6. The molecule has 0 unspecified atom stereocenters. The molecule has 0 heterocycles. The second-order valence-corrected chi connectivity index (χ2v) is 5.10. The van der Waals surface area contributed by atoms with Gasteiger partial charge in [0.25, 0.3) is 0 Å². The number of nitrogens with one attached hydrogen (secondary N) is 1. The minimum Gasteiger partial charge on any atom is -0.507 e. The topological polar surface area (TPSA) is 52.6 Å². The van der Waals surface area contributed by atoms with Gasteiger partial charge in [0.05, 0.1) is 6.54 Å². The zero-order valence-electron chi connectivity index (χ0n) is 12.3. The van der Waals surface area contributed by atoms with E-state index in [1.165, 1.54) is 0 Å². The highest BCUT2D eigenvalue weighted by molar-refractivity contribution is 5.77. The van der Waals surface area contributed by atoms with Crippen molar-refractivity contribution in [1.29, 1.82) is 0 Å². The molecule has 1 amide bonds. The van der Waals surface area contributed by atoms with Crippen molar-refractivity contribution in [3.05, 3.63) is 28.8 Å². The second-order valence-electron chi connectivity index (χ2n) is 5.10. The molecule has 19 heavy (non-hydrogen) atoms. The van der Waals surface area contributed by atoms with Gasteiger partial charge in [0.2, 0.25) is 5.91 Å². The first-order valence-electron chi connectivity index (χ1n) is 6.68. The van der Waals surface area contributed by atoms with Crippen LogP contribution in [-0.2, 0) is 11.3 Å². The van der Waals surface area contributed by atoms with Gasteiger partial charge in [-0.05, 0) is 44.0 Å². The van der Waals surface area contributed by atoms with Gasteiger partial charge in [0.15, 0.2) is 0 Å². The van der Waals surface area contributed by atoms with Gasteiger partial charge in [-0.15, -0.1) is 0 Å². The predicted octanol–water partition coefficient (Wildman–Crippen LogP) is 1.97. The third-order valence-electron chi connectivity index (χ3n) is 2.99. The average Bonchev–Trinajstić information content (AvgIpc) is 2.33. The van der Waals surface area contributed by atoms with Crippen LogP contribution in [0.2, 0.25) is 0 Å². The van der Waals surface area contributed by atoms with Crippen molar-refractivity contribution in [2.24, 2.45) is 0 Å². The van der Waals surface area contributed by atoms with Gasteiger partial charge in [-0.2, -0.15) is 0 Å². The van der Waals surface area contributed by atoms with Crippen molar-refractivity contribution in [2.45, 2.75) is 33.7 Å². The van der Waals surface area contributed by atoms with Crippen molar-refractivity contribution in [3.63, 3.8) is 0 Å². The van der Waals surface area contributed by atoms with E-state index in [-0.39, 0.29) is 5.91 Å². The summed E-state index contributed by atoms with van der Waals surface area (Å²) in [6.45, 7) is 7.62. The maximum absolute atomic E-state index is 11.6. The molecule has 0 atom stereocenters. The minimum absolute atomic E-state index is 0.0524. The average molecular weight is 264 g/mol. The van der Waals surface area contributed by atoms with E-state index in [1.807, 2.05) is 44.9 Å². The molecule has 0 bridgehead atoms. The maximum atomic E-state index is 11.6. The van der Waals surface area contributed by atoms with Crippen molar-refractivity contribution in [3.8, 4) is 5.75 Å². The monoisotopic (exact) mass is 264 g/mol. The number of benzene rings is 1. The highest BCUT2D eigenvalue weighted by Crippen LogP contribution is 2.23. The number of aromatic hydroxyl groups is 1. The van der Waals surface area contributed by atoms with Crippen LogP contribution >= 0.6 is 0 Å². The number of aryl methyl sites for hydroxylation is 2. The Bertz CT molecular complexity index is 421. The van der Waals surface area contributed by atoms with Gasteiger partial charge < -0.3 is 10.4 Å². The normalized spacial score (nSPS) is 10.8. The van der Waals surface area contributed by atoms with Crippen LogP contribution < -0.4 is 5.32 Å². The molecular weight excluding hydrogens is 240 g/mol. The lowest BCUT2D eigenvalue weighted by Gasteiger charge is -2.17. The Morgan fingerprint density at radius 2 is 1.89 bits per heavy atom. The number of amides is 1. The van der Waals surface area contributed by atoms with Gasteiger partial charge >= 0.3 is 0 Å². The van der Waals surface area contributed by atoms with Crippen LogP contribution in [0, 0.1) is 13.8 Å². The standard InChI is InChI=1S/C15H24N2O2/c1-5-6-16-14(18)10-17(4)9-13-7-11(2)15(19)12(3)8-13/h7-8,19H,5-6,9-10H2,1-4H3,(H,16,18). The second kappa shape index (κ2) is 7.14. The van der Waals surface area contributed by atoms with Crippen molar-refractivity contribution in [1.82, 2.24) is 10.2 Å². The first-order valence-corrected chi connectivity index (χ1v) is 6.68. The summed E-state index contributed by atoms with van der Waals surface area (Å²) < 4.78 is 0. The summed E-state index contributed by atoms with van der Waals surface area (Å²) in [5, 5.41) is 12.6. The summed E-state index contributed by atoms with van der Waals surface area (Å²) in [6, 6.07) is 3.92. The smallest absolute Gasteiger partial charge is 0.234 e. The molecule has 106 valence electrons. The van der Waals surface area contributed by atoms with E-state index in [1.54, 1.807) is 0 Å². The van der Waals surface area contributed by atoms with Gasteiger partial charge in [0.1, 0.15) is 5.75 Å². The van der Waals surface area contributed by atoms with Crippen LogP contribution in [-0.4, -0.2) is 36.1 Å². The van der Waals surface area contributed by atoms with E-state index in [2.05, 4.69) is 5.32 Å². The first kappa shape index (κ1) is 15.5. The molecule has 0 fully saturated rings. The first-order chi connectivity index (χ1) is 8.93. The summed E-state index contributed by atoms with van der Waals surface area (Å²) in [7, 11) is 1.92. The van der Waals surface area contributed by atoms with Crippen LogP contribution in [0.3, 0.4) is 0 Å². The Labute approximate surface area is 115 Å². The summed E-state index contributed by atoms with van der Waals surface area (Å²) in [5.74, 6) is 0.406. The maximum Gasteiger partial charge on any atom is 0.234 e. The van der Waals surface area contributed by atoms with E-state index in [9.17, 15) is 9.90 Å². The van der Waals surface area contributed by atoms with E-state index in [0.29, 0.717) is 18.8 Å². The Hall–Kier alpha value is -1.55. The molecule has 1 aromatic carbocycles. The molecule has 1 aromatic rings. The van der Waals surface area contributed by atoms with E-state index < -0.39 is 0 Å². The highest BCUT2D eigenvalue weighted by Gasteiger charge is 2.08. The molecule has 0 saturated carbocycles. The quantitative estimate of drug-likeness (QED) is 0.826. The number of phenols is 1. The predicted molar refractivity (Wildman–Crippen MR) is 77.2 cm³/mol. The van der Waals surface area contributed by atoms with Gasteiger partial charge in [-0.1, -0.05) is 19.1 Å². The number of phenolic OH excluding ortho intramolecular Hbond substituents is 1. The molecule has 0 aliphatic heterocycles. The zero-order chi connectivity index (χ0) is 14.4. The number of rotatable bonds is 6. The molecule has 0 radical (unpaired) electrons. The molecule has 4 heteroatoms. The fourth-order valence-electron chi connectivity index (χ4n) is 2.07. The molecule has 0 spiro atoms. The van der Waals surface area contributed by atoms with Crippen LogP contribution in [0.5, 0.6) is 5.75 Å². The summed E-state index contributed by atoms with van der Waals surface area (Å²) in [5.41, 5.74) is 2.86. The lowest BCUT2D eigenvalue weighted by molar-refractivity contribution is -0.122. The third kappa shape index (κ3) is 4.91. The van der Waals surface area contributed by atoms with E-state index in [4.69, 9.17) is 0 Å². The van der Waals surface area contributed by atoms with Gasteiger partial charge in [0, 0.05) is 13.1 Å².